The molecule has 0 N–H and O–H groups in total. The predicted octanol–water partition coefficient (Wildman–Crippen LogP) is 0.753. The van der Waals surface area contributed by atoms with Gasteiger partial charge in [0.2, 0.25) is 5.89 Å². The van der Waals surface area contributed by atoms with Gasteiger partial charge in [0.05, 0.1) is 7.11 Å². The van der Waals surface area contributed by atoms with E-state index < -0.39 is 9.84 Å². The number of hydrogen-bond acceptors (Lipinski definition) is 8. The Hall–Kier alpha value is -2.62. The lowest BCUT2D eigenvalue weighted by Crippen LogP contribution is -2.49. The van der Waals surface area contributed by atoms with E-state index in [1.54, 1.807) is 17.9 Å². The molecule has 0 unspecified atom stereocenters. The molecule has 1 saturated heterocycles. The molecule has 0 bridgehead atoms. The molecule has 3 rings (SSSR count). The first kappa shape index (κ1) is 18.2. The molecule has 0 aliphatic carbocycles. The number of methoxy groups -OCH3 is 1. The van der Waals surface area contributed by atoms with Gasteiger partial charge in [0.1, 0.15) is 10.6 Å². The number of ether oxygens (including phenoxy) is 1. The molecule has 26 heavy (non-hydrogen) atoms. The van der Waals surface area contributed by atoms with Gasteiger partial charge in [-0.15, -0.1) is 5.10 Å². The molecule has 140 valence electrons. The molecule has 1 aromatic heterocycles. The molecule has 1 aromatic carbocycles. The number of rotatable bonds is 4. The van der Waals surface area contributed by atoms with Crippen LogP contribution in [0.4, 0.5) is 6.01 Å². The van der Waals surface area contributed by atoms with Gasteiger partial charge in [0, 0.05) is 44.9 Å². The second-order valence-corrected chi connectivity index (χ2v) is 8.00. The molecule has 0 radical (unpaired) electrons. The highest BCUT2D eigenvalue weighted by Gasteiger charge is 2.26. The van der Waals surface area contributed by atoms with Gasteiger partial charge in [-0.05, 0) is 18.2 Å². The fourth-order valence-corrected chi connectivity index (χ4v) is 3.65. The SMILES string of the molecule is COc1ccc(C(=O)N2CCN(c3nnc(C)o3)CC2)cc1S(C)(=O)=O. The first-order chi connectivity index (χ1) is 12.3. The standard InChI is InChI=1S/C16H20N4O5S/c1-11-17-18-16(25-11)20-8-6-19(7-9-20)15(21)12-4-5-13(24-2)14(10-12)26(3,22)23/h4-5,10H,6-9H2,1-3H3. The minimum atomic E-state index is -3.51. The number of amides is 1. The van der Waals surface area contributed by atoms with E-state index in [9.17, 15) is 13.2 Å². The minimum absolute atomic E-state index is 0.00539. The van der Waals surface area contributed by atoms with Crippen LogP contribution in [0.5, 0.6) is 5.75 Å². The van der Waals surface area contributed by atoms with E-state index in [2.05, 4.69) is 10.2 Å². The van der Waals surface area contributed by atoms with Crippen LogP contribution in [0.3, 0.4) is 0 Å². The molecule has 0 spiro atoms. The Balaban J connectivity index is 1.74. The maximum absolute atomic E-state index is 12.7. The normalized spacial score (nSPS) is 15.2. The maximum atomic E-state index is 12.7. The first-order valence-electron chi connectivity index (χ1n) is 8.02. The number of anilines is 1. The number of piperazine rings is 1. The first-order valence-corrected chi connectivity index (χ1v) is 9.91. The lowest BCUT2D eigenvalue weighted by Gasteiger charge is -2.33. The quantitative estimate of drug-likeness (QED) is 0.765. The molecule has 1 aliphatic rings. The highest BCUT2D eigenvalue weighted by molar-refractivity contribution is 7.90. The lowest BCUT2D eigenvalue weighted by molar-refractivity contribution is 0.0744. The Morgan fingerprint density at radius 3 is 2.42 bits per heavy atom. The van der Waals surface area contributed by atoms with Gasteiger partial charge in [-0.2, -0.15) is 0 Å². The zero-order valence-corrected chi connectivity index (χ0v) is 15.6. The summed E-state index contributed by atoms with van der Waals surface area (Å²) in [6.45, 7) is 3.78. The molecular formula is C16H20N4O5S. The molecule has 9 nitrogen and oxygen atoms in total. The van der Waals surface area contributed by atoms with E-state index in [1.807, 2.05) is 4.90 Å². The summed E-state index contributed by atoms with van der Waals surface area (Å²) in [4.78, 5) is 16.3. The molecule has 2 heterocycles. The Labute approximate surface area is 151 Å². The van der Waals surface area contributed by atoms with E-state index in [-0.39, 0.29) is 16.6 Å². The van der Waals surface area contributed by atoms with Crippen molar-refractivity contribution in [2.75, 3.05) is 44.4 Å². The Morgan fingerprint density at radius 1 is 1.19 bits per heavy atom. The number of carbonyl (C=O) groups is 1. The zero-order valence-electron chi connectivity index (χ0n) is 14.8. The van der Waals surface area contributed by atoms with Crippen LogP contribution in [0.15, 0.2) is 27.5 Å². The van der Waals surface area contributed by atoms with E-state index in [1.165, 1.54) is 19.2 Å². The van der Waals surface area contributed by atoms with Gasteiger partial charge < -0.3 is 19.0 Å². The monoisotopic (exact) mass is 380 g/mol. The summed E-state index contributed by atoms with van der Waals surface area (Å²) >= 11 is 0. The smallest absolute Gasteiger partial charge is 0.318 e. The molecule has 10 heteroatoms. The second-order valence-electron chi connectivity index (χ2n) is 6.02. The van der Waals surface area contributed by atoms with Crippen molar-refractivity contribution in [1.29, 1.82) is 0 Å². The van der Waals surface area contributed by atoms with Crippen LogP contribution in [0.2, 0.25) is 0 Å². The van der Waals surface area contributed by atoms with Crippen molar-refractivity contribution in [3.63, 3.8) is 0 Å². The third-order valence-corrected chi connectivity index (χ3v) is 5.28. The number of carbonyl (C=O) groups excluding carboxylic acids is 1. The summed E-state index contributed by atoms with van der Waals surface area (Å²) in [5.41, 5.74) is 0.313. The summed E-state index contributed by atoms with van der Waals surface area (Å²) in [5, 5.41) is 7.79. The van der Waals surface area contributed by atoms with Crippen molar-refractivity contribution in [1.82, 2.24) is 15.1 Å². The summed E-state index contributed by atoms with van der Waals surface area (Å²) < 4.78 is 34.3. The molecule has 1 fully saturated rings. The fraction of sp³-hybridized carbons (Fsp3) is 0.438. The van der Waals surface area contributed by atoms with Gasteiger partial charge in [-0.25, -0.2) is 8.42 Å². The van der Waals surface area contributed by atoms with Crippen molar-refractivity contribution in [3.05, 3.63) is 29.7 Å². The number of sulfone groups is 1. The summed E-state index contributed by atoms with van der Waals surface area (Å²) in [5.74, 6) is 0.490. The van der Waals surface area contributed by atoms with E-state index in [0.717, 1.165) is 6.26 Å². The number of aromatic nitrogens is 2. The number of benzene rings is 1. The fourth-order valence-electron chi connectivity index (χ4n) is 2.80. The summed E-state index contributed by atoms with van der Waals surface area (Å²) in [6, 6.07) is 4.88. The summed E-state index contributed by atoms with van der Waals surface area (Å²) in [6.07, 6.45) is 1.09. The van der Waals surface area contributed by atoms with Gasteiger partial charge in [-0.3, -0.25) is 4.79 Å². The largest absolute Gasteiger partial charge is 0.495 e. The minimum Gasteiger partial charge on any atom is -0.495 e. The number of nitrogens with zero attached hydrogens (tertiary/aromatic N) is 4. The topological polar surface area (TPSA) is 106 Å². The van der Waals surface area contributed by atoms with Crippen LogP contribution in [0.25, 0.3) is 0 Å². The van der Waals surface area contributed by atoms with Gasteiger partial charge in [-0.1, -0.05) is 5.10 Å². The van der Waals surface area contributed by atoms with Crippen LogP contribution in [-0.2, 0) is 9.84 Å². The Bertz CT molecular complexity index is 916. The van der Waals surface area contributed by atoms with Crippen molar-refractivity contribution in [2.45, 2.75) is 11.8 Å². The number of aryl methyl sites for hydroxylation is 1. The highest BCUT2D eigenvalue weighted by atomic mass is 32.2. The van der Waals surface area contributed by atoms with E-state index in [0.29, 0.717) is 43.6 Å². The summed E-state index contributed by atoms with van der Waals surface area (Å²) in [7, 11) is -2.11. The molecular weight excluding hydrogens is 360 g/mol. The van der Waals surface area contributed by atoms with Crippen molar-refractivity contribution >= 4 is 21.8 Å². The van der Waals surface area contributed by atoms with Crippen LogP contribution < -0.4 is 9.64 Å². The maximum Gasteiger partial charge on any atom is 0.318 e. The second kappa shape index (κ2) is 6.94. The molecule has 1 aliphatic heterocycles. The van der Waals surface area contributed by atoms with E-state index >= 15 is 0 Å². The van der Waals surface area contributed by atoms with Crippen LogP contribution >= 0.6 is 0 Å². The highest BCUT2D eigenvalue weighted by Crippen LogP contribution is 2.26. The average molecular weight is 380 g/mol. The van der Waals surface area contributed by atoms with Gasteiger partial charge >= 0.3 is 6.01 Å². The predicted molar refractivity (Wildman–Crippen MR) is 93.3 cm³/mol. The molecule has 0 saturated carbocycles. The molecule has 1 amide bonds. The van der Waals surface area contributed by atoms with Crippen LogP contribution in [0, 0.1) is 6.92 Å². The molecule has 0 atom stereocenters. The van der Waals surface area contributed by atoms with Gasteiger partial charge in [0.15, 0.2) is 9.84 Å². The molecule has 2 aromatic rings. The van der Waals surface area contributed by atoms with Crippen molar-refractivity contribution < 1.29 is 22.4 Å². The van der Waals surface area contributed by atoms with Gasteiger partial charge in [0.25, 0.3) is 5.91 Å². The Kier molecular flexibility index (Phi) is 4.86. The van der Waals surface area contributed by atoms with Crippen molar-refractivity contribution in [2.24, 2.45) is 0 Å². The number of hydrogen-bond donors (Lipinski definition) is 0. The van der Waals surface area contributed by atoms with Crippen LogP contribution in [-0.4, -0.2) is 69.0 Å². The van der Waals surface area contributed by atoms with Crippen LogP contribution in [0.1, 0.15) is 16.2 Å². The van der Waals surface area contributed by atoms with E-state index in [4.69, 9.17) is 9.15 Å². The third-order valence-electron chi connectivity index (χ3n) is 4.16. The Morgan fingerprint density at radius 2 is 1.88 bits per heavy atom. The zero-order chi connectivity index (χ0) is 18.9. The van der Waals surface area contributed by atoms with Crippen molar-refractivity contribution in [3.8, 4) is 5.75 Å². The third kappa shape index (κ3) is 3.64. The average Bonchev–Trinajstić information content (AvgIpc) is 3.06. The lowest BCUT2D eigenvalue weighted by atomic mass is 10.1.